The van der Waals surface area contributed by atoms with Crippen molar-refractivity contribution in [1.82, 2.24) is 30.4 Å². The number of nitrogens with one attached hydrogen (secondary N) is 2. The molecule has 302 valence electrons. The molecule has 0 bridgehead atoms. The van der Waals surface area contributed by atoms with E-state index in [0.29, 0.717) is 63.1 Å². The molecule has 6 rings (SSSR count). The maximum absolute atomic E-state index is 14.6. The van der Waals surface area contributed by atoms with E-state index in [-0.39, 0.29) is 38.3 Å². The third-order valence-electron chi connectivity index (χ3n) is 10.1. The summed E-state index contributed by atoms with van der Waals surface area (Å²) in [6.07, 6.45) is -0.337. The number of alkyl carbamates (subject to hydrolysis) is 1. The van der Waals surface area contributed by atoms with Crippen molar-refractivity contribution in [3.63, 3.8) is 0 Å². The predicted octanol–water partition coefficient (Wildman–Crippen LogP) is 3.15. The average Bonchev–Trinajstić information content (AvgIpc) is 3.87. The highest BCUT2D eigenvalue weighted by Gasteiger charge is 2.45. The molecule has 4 amide bonds. The van der Waals surface area contributed by atoms with Crippen LogP contribution in [-0.2, 0) is 32.1 Å². The average molecular weight is 783 g/mol. The molecule has 2 fully saturated rings. The summed E-state index contributed by atoms with van der Waals surface area (Å²) in [5, 5.41) is 7.20. The fourth-order valence-corrected chi connectivity index (χ4v) is 6.97. The van der Waals surface area contributed by atoms with E-state index in [1.807, 2.05) is 60.7 Å². The molecule has 57 heavy (non-hydrogen) atoms. The van der Waals surface area contributed by atoms with Crippen LogP contribution in [0.25, 0.3) is 11.1 Å². The minimum absolute atomic E-state index is 0.0167. The van der Waals surface area contributed by atoms with Crippen molar-refractivity contribution < 1.29 is 37.9 Å². The van der Waals surface area contributed by atoms with Gasteiger partial charge in [0.1, 0.15) is 30.3 Å². The molecule has 2 aliphatic heterocycles. The van der Waals surface area contributed by atoms with Gasteiger partial charge < -0.3 is 40.1 Å². The number of Topliss-reactive ketones (excluding diaryl/α,β-unsaturated/α-hetero) is 1. The summed E-state index contributed by atoms with van der Waals surface area (Å²) in [6, 6.07) is 22.2. The summed E-state index contributed by atoms with van der Waals surface area (Å²) in [5.41, 5.74) is 8.38. The number of hydrogen-bond acceptors (Lipinski definition) is 12. The lowest BCUT2D eigenvalue weighted by Crippen LogP contribution is -2.55. The molecule has 16 nitrogen and oxygen atoms in total. The monoisotopic (exact) mass is 782 g/mol. The Morgan fingerprint density at radius 2 is 1.51 bits per heavy atom. The van der Waals surface area contributed by atoms with Crippen LogP contribution in [0.15, 0.2) is 89.3 Å². The lowest BCUT2D eigenvalue weighted by Gasteiger charge is -2.32. The van der Waals surface area contributed by atoms with Crippen molar-refractivity contribution in [1.29, 1.82) is 0 Å². The number of ketones is 1. The lowest BCUT2D eigenvalue weighted by atomic mass is 10.0. The Morgan fingerprint density at radius 3 is 2.21 bits per heavy atom. The number of aromatic nitrogens is 1. The van der Waals surface area contributed by atoms with Gasteiger partial charge in [-0.05, 0) is 61.9 Å². The van der Waals surface area contributed by atoms with Crippen LogP contribution in [0.4, 0.5) is 9.59 Å². The number of hydrazine groups is 1. The van der Waals surface area contributed by atoms with E-state index in [4.69, 9.17) is 25.5 Å². The van der Waals surface area contributed by atoms with Crippen molar-refractivity contribution in [2.24, 2.45) is 11.6 Å². The van der Waals surface area contributed by atoms with Gasteiger partial charge in [0.15, 0.2) is 5.58 Å². The van der Waals surface area contributed by atoms with Gasteiger partial charge in [-0.15, -0.1) is 0 Å². The van der Waals surface area contributed by atoms with Gasteiger partial charge in [-0.3, -0.25) is 20.2 Å². The minimum atomic E-state index is -1.16. The summed E-state index contributed by atoms with van der Waals surface area (Å²) >= 11 is 0. The van der Waals surface area contributed by atoms with Crippen LogP contribution < -0.4 is 22.2 Å². The second kappa shape index (κ2) is 19.8. The number of nitrogens with zero attached hydrogens (tertiary/aromatic N) is 4. The van der Waals surface area contributed by atoms with Gasteiger partial charge in [0.2, 0.25) is 17.6 Å². The first kappa shape index (κ1) is 40.8. The number of ether oxygens (including phenoxy) is 2. The zero-order valence-electron chi connectivity index (χ0n) is 31.8. The predicted molar refractivity (Wildman–Crippen MR) is 209 cm³/mol. The van der Waals surface area contributed by atoms with Crippen molar-refractivity contribution in [3.05, 3.63) is 102 Å². The van der Waals surface area contributed by atoms with Gasteiger partial charge in [0.25, 0.3) is 5.89 Å². The normalized spacial score (nSPS) is 18.1. The van der Waals surface area contributed by atoms with Gasteiger partial charge in [0, 0.05) is 32.6 Å². The van der Waals surface area contributed by atoms with E-state index >= 15 is 0 Å². The van der Waals surface area contributed by atoms with Crippen LogP contribution in [0.5, 0.6) is 0 Å². The number of likely N-dealkylation sites (tertiary alicyclic amines) is 1. The number of rotatable bonds is 16. The molecule has 2 saturated heterocycles. The number of para-hydroxylation sites is 2. The Labute approximate surface area is 330 Å². The second-order valence-corrected chi connectivity index (χ2v) is 14.3. The van der Waals surface area contributed by atoms with Gasteiger partial charge in [-0.2, -0.15) is 0 Å². The van der Waals surface area contributed by atoms with E-state index < -0.39 is 54.0 Å². The number of amides is 4. The fourth-order valence-electron chi connectivity index (χ4n) is 6.97. The molecule has 0 saturated carbocycles. The van der Waals surface area contributed by atoms with Crippen LogP contribution in [0, 0.1) is 0 Å². The number of hydrogen-bond donors (Lipinski definition) is 4. The molecule has 4 atom stereocenters. The summed E-state index contributed by atoms with van der Waals surface area (Å²) < 4.78 is 17.1. The molecule has 3 aromatic carbocycles. The van der Waals surface area contributed by atoms with E-state index in [1.54, 1.807) is 29.3 Å². The first-order chi connectivity index (χ1) is 27.7. The smallest absolute Gasteiger partial charge is 0.410 e. The van der Waals surface area contributed by atoms with E-state index in [2.05, 4.69) is 15.6 Å². The van der Waals surface area contributed by atoms with Crippen molar-refractivity contribution in [2.45, 2.75) is 69.4 Å². The number of carbonyl (C=O) groups excluding carboxylic acids is 5. The van der Waals surface area contributed by atoms with Crippen LogP contribution in [0.1, 0.15) is 53.9 Å². The molecule has 0 unspecified atom stereocenters. The third-order valence-corrected chi connectivity index (χ3v) is 10.1. The molecule has 0 radical (unpaired) electrons. The number of fused-ring (bicyclic) bond motifs is 1. The minimum Gasteiger partial charge on any atom is -0.445 e. The lowest BCUT2D eigenvalue weighted by molar-refractivity contribution is -0.140. The molecule has 3 heterocycles. The van der Waals surface area contributed by atoms with Crippen LogP contribution in [0.3, 0.4) is 0 Å². The number of nitrogens with two attached hydrogens (primary N) is 2. The Morgan fingerprint density at radius 1 is 0.825 bits per heavy atom. The molecule has 2 aliphatic rings. The SMILES string of the molecule is NCCCC[C@H](NC(=O)[C@@H]1C[C@@H](OC(=O)N2CCN(N)CC2)CN1C(=O)[C@@H](CCc1ccccc1)NC(=O)OCc1ccccc1)C(=O)c1nc2ccccc2o1. The molecule has 0 spiro atoms. The summed E-state index contributed by atoms with van der Waals surface area (Å²) in [5.74, 6) is 4.00. The van der Waals surface area contributed by atoms with Gasteiger partial charge in [0.05, 0.1) is 12.6 Å². The molecule has 1 aromatic heterocycles. The Balaban J connectivity index is 1.23. The summed E-state index contributed by atoms with van der Waals surface area (Å²) in [7, 11) is 0. The fraction of sp³-hybridized carbons (Fsp3) is 0.415. The highest BCUT2D eigenvalue weighted by atomic mass is 16.6. The topological polar surface area (TPSA) is 216 Å². The first-order valence-corrected chi connectivity index (χ1v) is 19.4. The van der Waals surface area contributed by atoms with Crippen molar-refractivity contribution in [3.8, 4) is 0 Å². The van der Waals surface area contributed by atoms with Crippen molar-refractivity contribution in [2.75, 3.05) is 39.3 Å². The second-order valence-electron chi connectivity index (χ2n) is 14.3. The van der Waals surface area contributed by atoms with Gasteiger partial charge >= 0.3 is 12.2 Å². The van der Waals surface area contributed by atoms with Gasteiger partial charge in [-0.1, -0.05) is 72.8 Å². The van der Waals surface area contributed by atoms with E-state index in [0.717, 1.165) is 11.1 Å². The first-order valence-electron chi connectivity index (χ1n) is 19.4. The summed E-state index contributed by atoms with van der Waals surface area (Å²) in [6.45, 7) is 1.88. The standard InChI is InChI=1S/C41H50N8O8/c42-20-10-9-16-32(36(50)38-45-31-15-7-8-17-35(31)57-38)44-37(51)34-25-30(56-41(54)47-21-23-48(43)24-22-47)26-49(34)39(52)33(19-18-28-11-3-1-4-12-28)46-40(53)55-27-29-13-5-2-6-14-29/h1-8,11-15,17,30,32-34H,9-10,16,18-27,42-43H2,(H,44,51)(H,46,53)/t30-,32+,33-,34+/m1/s1. The quantitative estimate of drug-likeness (QED) is 0.0733. The van der Waals surface area contributed by atoms with Crippen molar-refractivity contribution >= 4 is 40.9 Å². The molecule has 16 heteroatoms. The Kier molecular flexibility index (Phi) is 14.2. The number of piperazine rings is 1. The molecular weight excluding hydrogens is 732 g/mol. The largest absolute Gasteiger partial charge is 0.445 e. The molecular formula is C41H50N8O8. The zero-order valence-corrected chi connectivity index (χ0v) is 31.8. The van der Waals surface area contributed by atoms with Crippen LogP contribution in [0.2, 0.25) is 0 Å². The number of benzene rings is 3. The Hall–Kier alpha value is -5.84. The highest BCUT2D eigenvalue weighted by molar-refractivity contribution is 6.01. The molecule has 4 aromatic rings. The van der Waals surface area contributed by atoms with E-state index in [1.165, 1.54) is 9.80 Å². The highest BCUT2D eigenvalue weighted by Crippen LogP contribution is 2.25. The third kappa shape index (κ3) is 11.1. The Bertz CT molecular complexity index is 1940. The van der Waals surface area contributed by atoms with Crippen LogP contribution >= 0.6 is 0 Å². The number of carbonyl (C=O) groups is 5. The van der Waals surface area contributed by atoms with E-state index in [9.17, 15) is 24.0 Å². The summed E-state index contributed by atoms with van der Waals surface area (Å²) in [4.78, 5) is 76.5. The zero-order chi connectivity index (χ0) is 40.1. The number of oxazole rings is 1. The maximum Gasteiger partial charge on any atom is 0.410 e. The van der Waals surface area contributed by atoms with Gasteiger partial charge in [-0.25, -0.2) is 19.6 Å². The van der Waals surface area contributed by atoms with Crippen LogP contribution in [-0.4, -0.2) is 113 Å². The molecule has 0 aliphatic carbocycles. The maximum atomic E-state index is 14.6. The molecule has 6 N–H and O–H groups in total. The number of aryl methyl sites for hydroxylation is 1. The number of unbranched alkanes of at least 4 members (excludes halogenated alkanes) is 1.